The predicted octanol–water partition coefficient (Wildman–Crippen LogP) is 2.33. The van der Waals surface area contributed by atoms with Crippen LogP contribution in [0.2, 0.25) is 5.02 Å². The normalized spacial score (nSPS) is 16.1. The second-order valence-corrected chi connectivity index (χ2v) is 10.7. The summed E-state index contributed by atoms with van der Waals surface area (Å²) in [5.41, 5.74) is 0.869. The molecule has 0 unspecified atom stereocenters. The smallest absolute Gasteiger partial charge is 0.244 e. The maximum absolute atomic E-state index is 12.9. The summed E-state index contributed by atoms with van der Waals surface area (Å²) in [7, 11) is -7.85. The molecule has 2 aromatic rings. The fourth-order valence-electron chi connectivity index (χ4n) is 3.04. The molecular weight excluding hydrogens is 452 g/mol. The van der Waals surface area contributed by atoms with E-state index in [4.69, 9.17) is 16.3 Å². The van der Waals surface area contributed by atoms with Crippen LogP contribution in [0, 0.1) is 0 Å². The number of halogens is 1. The molecule has 0 aromatic heterocycles. The van der Waals surface area contributed by atoms with E-state index in [0.717, 1.165) is 11.6 Å². The van der Waals surface area contributed by atoms with Gasteiger partial charge in [0.25, 0.3) is 0 Å². The molecule has 0 atom stereocenters. The molecule has 1 fully saturated rings. The zero-order valence-corrected chi connectivity index (χ0v) is 18.6. The van der Waals surface area contributed by atoms with Crippen molar-refractivity contribution in [1.29, 1.82) is 0 Å². The Morgan fingerprint density at radius 1 is 1.17 bits per heavy atom. The maximum Gasteiger partial charge on any atom is 0.244 e. The highest BCUT2D eigenvalue weighted by Crippen LogP contribution is 2.32. The summed E-state index contributed by atoms with van der Waals surface area (Å²) in [5.74, 6) is -0.831. The van der Waals surface area contributed by atoms with Gasteiger partial charge in [0.2, 0.25) is 26.0 Å². The van der Waals surface area contributed by atoms with Crippen LogP contribution in [-0.4, -0.2) is 41.6 Å². The molecule has 11 heteroatoms. The third kappa shape index (κ3) is 4.94. The van der Waals surface area contributed by atoms with Gasteiger partial charge in [0.05, 0.1) is 18.0 Å². The zero-order chi connectivity index (χ0) is 21.9. The van der Waals surface area contributed by atoms with Gasteiger partial charge in [-0.3, -0.25) is 4.79 Å². The van der Waals surface area contributed by atoms with E-state index in [1.165, 1.54) is 12.1 Å². The highest BCUT2D eigenvalue weighted by molar-refractivity contribution is 7.94. The van der Waals surface area contributed by atoms with E-state index < -0.39 is 26.0 Å². The number of benzene rings is 2. The second-order valence-electron chi connectivity index (χ2n) is 6.56. The monoisotopic (exact) mass is 472 g/mol. The van der Waals surface area contributed by atoms with Crippen LogP contribution in [0.3, 0.4) is 0 Å². The molecule has 3 rings (SSSR count). The molecule has 30 heavy (non-hydrogen) atoms. The minimum atomic E-state index is -4.03. The molecule has 1 N–H and O–H groups in total. The Kier molecular flexibility index (Phi) is 6.71. The molecule has 0 bridgehead atoms. The van der Waals surface area contributed by atoms with E-state index in [2.05, 4.69) is 4.72 Å². The van der Waals surface area contributed by atoms with Crippen molar-refractivity contribution in [2.45, 2.75) is 24.7 Å². The summed E-state index contributed by atoms with van der Waals surface area (Å²) in [6.07, 6.45) is 0.288. The number of anilines is 1. The number of ether oxygens (including phenoxy) is 1. The molecule has 0 radical (unpaired) electrons. The molecule has 1 heterocycles. The summed E-state index contributed by atoms with van der Waals surface area (Å²) in [4.78, 5) is 11.8. The predicted molar refractivity (Wildman–Crippen MR) is 114 cm³/mol. The molecular formula is C19H21ClN2O6S2. The molecule has 1 aliphatic rings. The van der Waals surface area contributed by atoms with Gasteiger partial charge in [-0.15, -0.1) is 0 Å². The highest BCUT2D eigenvalue weighted by Gasteiger charge is 2.37. The van der Waals surface area contributed by atoms with Crippen molar-refractivity contribution in [3.8, 4) is 5.75 Å². The van der Waals surface area contributed by atoms with E-state index in [-0.39, 0.29) is 41.7 Å². The Bertz CT molecular complexity index is 1150. The van der Waals surface area contributed by atoms with Crippen LogP contribution in [0.4, 0.5) is 5.69 Å². The largest absolute Gasteiger partial charge is 0.492 e. The number of carbonyl (C=O) groups excluding carboxylic acids is 1. The van der Waals surface area contributed by atoms with E-state index >= 15 is 0 Å². The van der Waals surface area contributed by atoms with Crippen LogP contribution < -0.4 is 13.8 Å². The van der Waals surface area contributed by atoms with Crippen LogP contribution in [0.1, 0.15) is 18.9 Å². The lowest BCUT2D eigenvalue weighted by atomic mass is 10.2. The lowest BCUT2D eigenvalue weighted by Gasteiger charge is -2.18. The topological polar surface area (TPSA) is 110 Å². The van der Waals surface area contributed by atoms with Gasteiger partial charge in [0.1, 0.15) is 10.6 Å². The average molecular weight is 473 g/mol. The number of amides is 1. The van der Waals surface area contributed by atoms with Gasteiger partial charge in [-0.25, -0.2) is 25.9 Å². The molecule has 1 amide bonds. The number of hydrogen-bond donors (Lipinski definition) is 1. The van der Waals surface area contributed by atoms with Gasteiger partial charge in [0.15, 0.2) is 0 Å². The molecule has 0 spiro atoms. The average Bonchev–Trinajstić information content (AvgIpc) is 2.96. The summed E-state index contributed by atoms with van der Waals surface area (Å²) < 4.78 is 58.8. The maximum atomic E-state index is 12.9. The van der Waals surface area contributed by atoms with Gasteiger partial charge in [-0.2, -0.15) is 0 Å². The first kappa shape index (κ1) is 22.5. The SMILES string of the molecule is CCOc1ccc(N2C(=O)CCS2(=O)=O)cc1S(=O)(=O)NCCc1ccc(Cl)cc1. The van der Waals surface area contributed by atoms with Crippen LogP contribution in [0.15, 0.2) is 47.4 Å². The Balaban J connectivity index is 1.87. The summed E-state index contributed by atoms with van der Waals surface area (Å²) >= 11 is 5.85. The van der Waals surface area contributed by atoms with Crippen molar-refractivity contribution in [3.05, 3.63) is 53.1 Å². The van der Waals surface area contributed by atoms with Crippen molar-refractivity contribution in [3.63, 3.8) is 0 Å². The van der Waals surface area contributed by atoms with E-state index in [1.54, 1.807) is 31.2 Å². The first-order valence-corrected chi connectivity index (χ1v) is 12.7. The molecule has 1 aliphatic heterocycles. The number of rotatable bonds is 8. The summed E-state index contributed by atoms with van der Waals surface area (Å²) in [6, 6.07) is 10.9. The summed E-state index contributed by atoms with van der Waals surface area (Å²) in [6.45, 7) is 2.03. The molecule has 8 nitrogen and oxygen atoms in total. The quantitative estimate of drug-likeness (QED) is 0.631. The van der Waals surface area contributed by atoms with Gasteiger partial charge in [-0.05, 0) is 49.2 Å². The van der Waals surface area contributed by atoms with E-state index in [0.29, 0.717) is 15.7 Å². The van der Waals surface area contributed by atoms with Gasteiger partial charge < -0.3 is 4.74 Å². The Morgan fingerprint density at radius 3 is 2.47 bits per heavy atom. The number of nitrogens with zero attached hydrogens (tertiary/aromatic N) is 1. The van der Waals surface area contributed by atoms with E-state index in [1.807, 2.05) is 0 Å². The molecule has 1 saturated heterocycles. The van der Waals surface area contributed by atoms with Crippen LogP contribution in [-0.2, 0) is 31.3 Å². The Hall–Kier alpha value is -2.14. The van der Waals surface area contributed by atoms with Crippen molar-refractivity contribution < 1.29 is 26.4 Å². The summed E-state index contributed by atoms with van der Waals surface area (Å²) in [5, 5.41) is 0.587. The number of carbonyl (C=O) groups is 1. The lowest BCUT2D eigenvalue weighted by molar-refractivity contribution is -0.116. The van der Waals surface area contributed by atoms with Crippen LogP contribution in [0.25, 0.3) is 0 Å². The molecule has 162 valence electrons. The molecule has 0 saturated carbocycles. The van der Waals surface area contributed by atoms with Crippen molar-refractivity contribution in [2.24, 2.45) is 0 Å². The Labute approximate surface area is 180 Å². The van der Waals surface area contributed by atoms with Gasteiger partial charge in [-0.1, -0.05) is 23.7 Å². The number of hydrogen-bond acceptors (Lipinski definition) is 6. The van der Waals surface area contributed by atoms with Crippen LogP contribution >= 0.6 is 11.6 Å². The fraction of sp³-hybridized carbons (Fsp3) is 0.316. The first-order valence-electron chi connectivity index (χ1n) is 9.21. The van der Waals surface area contributed by atoms with Crippen molar-refractivity contribution >= 4 is 43.2 Å². The van der Waals surface area contributed by atoms with Gasteiger partial charge in [0, 0.05) is 18.0 Å². The zero-order valence-electron chi connectivity index (χ0n) is 16.2. The van der Waals surface area contributed by atoms with E-state index in [9.17, 15) is 21.6 Å². The third-order valence-electron chi connectivity index (χ3n) is 4.45. The Morgan fingerprint density at radius 2 is 1.87 bits per heavy atom. The highest BCUT2D eigenvalue weighted by atomic mass is 35.5. The second kappa shape index (κ2) is 8.93. The van der Waals surface area contributed by atoms with Gasteiger partial charge >= 0.3 is 0 Å². The molecule has 2 aromatic carbocycles. The fourth-order valence-corrected chi connectivity index (χ4v) is 5.81. The first-order chi connectivity index (χ1) is 14.1. The number of nitrogens with one attached hydrogen (secondary N) is 1. The standard InChI is InChI=1S/C19H21ClN2O6S2/c1-2-28-17-8-7-16(22-19(23)10-12-29(22,24)25)13-18(17)30(26,27)21-11-9-14-3-5-15(20)6-4-14/h3-8,13,21H,2,9-12H2,1H3. The molecule has 0 aliphatic carbocycles. The number of sulfonamides is 2. The minimum Gasteiger partial charge on any atom is -0.492 e. The third-order valence-corrected chi connectivity index (χ3v) is 7.87. The van der Waals surface area contributed by atoms with Crippen molar-refractivity contribution in [1.82, 2.24) is 4.72 Å². The van der Waals surface area contributed by atoms with Crippen LogP contribution in [0.5, 0.6) is 5.75 Å². The lowest BCUT2D eigenvalue weighted by Crippen LogP contribution is -2.30. The minimum absolute atomic E-state index is 0.0287. The van der Waals surface area contributed by atoms with Crippen molar-refractivity contribution in [2.75, 3.05) is 23.2 Å².